The Morgan fingerprint density at radius 1 is 1.61 bits per heavy atom. The first-order valence-corrected chi connectivity index (χ1v) is 7.50. The molecule has 0 radical (unpaired) electrons. The molecular weight excluding hydrogens is 329 g/mol. The molecule has 0 bridgehead atoms. The second-order valence-corrected chi connectivity index (χ2v) is 5.69. The van der Waals surface area contributed by atoms with Crippen molar-refractivity contribution in [3.63, 3.8) is 0 Å². The first-order valence-electron chi connectivity index (χ1n) is 7.12. The number of carbonyl (C=O) groups excluding carboxylic acids is 1. The predicted octanol–water partition coefficient (Wildman–Crippen LogP) is 1.85. The van der Waals surface area contributed by atoms with Gasteiger partial charge in [0.15, 0.2) is 0 Å². The van der Waals surface area contributed by atoms with Gasteiger partial charge in [-0.2, -0.15) is 0 Å². The van der Waals surface area contributed by atoms with Gasteiger partial charge in [-0.25, -0.2) is 4.39 Å². The summed E-state index contributed by atoms with van der Waals surface area (Å²) in [6, 6.07) is 1.25. The molecule has 0 aliphatic carbocycles. The molecule has 1 aromatic rings. The van der Waals surface area contributed by atoms with Gasteiger partial charge in [0.25, 0.3) is 0 Å². The van der Waals surface area contributed by atoms with Crippen molar-refractivity contribution >= 4 is 23.5 Å². The Balaban J connectivity index is 2.69. The van der Waals surface area contributed by atoms with E-state index in [-0.39, 0.29) is 35.1 Å². The number of rotatable bonds is 5. The van der Waals surface area contributed by atoms with Crippen molar-refractivity contribution in [2.75, 3.05) is 13.2 Å². The van der Waals surface area contributed by atoms with Crippen molar-refractivity contribution in [1.29, 1.82) is 0 Å². The number of hydrogen-bond donors (Lipinski definition) is 3. The van der Waals surface area contributed by atoms with Crippen LogP contribution in [-0.2, 0) is 9.59 Å². The van der Waals surface area contributed by atoms with E-state index in [4.69, 9.17) is 16.3 Å². The molecular formula is C15H17ClFNO5. The minimum Gasteiger partial charge on any atom is -0.493 e. The van der Waals surface area contributed by atoms with E-state index in [1.807, 2.05) is 0 Å². The number of ether oxygens (including phenoxy) is 1. The molecule has 3 atom stereocenters. The van der Waals surface area contributed by atoms with Gasteiger partial charge in [0.2, 0.25) is 5.91 Å². The third kappa shape index (κ3) is 3.11. The average Bonchev–Trinajstić information content (AvgIpc) is 2.84. The summed E-state index contributed by atoms with van der Waals surface area (Å²) in [6.07, 6.45) is -0.998. The standard InChI is InChI=1S/C15H17ClFNO5/c1-3-23-13-7(6(2)19)4-9(16)12(17)10(13)8-5-18-14(20)11(8)15(21)22/h4,6,8,11,19H,3,5H2,1-2H3,(H,18,20)(H,21,22)/t6?,8-,11?/m0/s1. The summed E-state index contributed by atoms with van der Waals surface area (Å²) in [5, 5.41) is 21.3. The summed E-state index contributed by atoms with van der Waals surface area (Å²) in [6.45, 7) is 3.27. The average molecular weight is 346 g/mol. The highest BCUT2D eigenvalue weighted by Gasteiger charge is 2.44. The maximum Gasteiger partial charge on any atom is 0.316 e. The van der Waals surface area contributed by atoms with Crippen molar-refractivity contribution in [2.45, 2.75) is 25.9 Å². The van der Waals surface area contributed by atoms with E-state index in [0.29, 0.717) is 0 Å². The molecule has 2 unspecified atom stereocenters. The van der Waals surface area contributed by atoms with Crippen LogP contribution in [0.2, 0.25) is 5.02 Å². The number of carbonyl (C=O) groups is 2. The number of carboxylic acid groups (broad SMARTS) is 1. The number of hydrogen-bond acceptors (Lipinski definition) is 4. The lowest BCUT2D eigenvalue weighted by Gasteiger charge is -2.23. The van der Waals surface area contributed by atoms with E-state index in [2.05, 4.69) is 5.32 Å². The summed E-state index contributed by atoms with van der Waals surface area (Å²) < 4.78 is 20.1. The highest BCUT2D eigenvalue weighted by Crippen LogP contribution is 2.43. The van der Waals surface area contributed by atoms with Crippen molar-refractivity contribution in [1.82, 2.24) is 5.32 Å². The molecule has 1 aromatic carbocycles. The quantitative estimate of drug-likeness (QED) is 0.708. The van der Waals surface area contributed by atoms with Gasteiger partial charge in [0, 0.05) is 23.6 Å². The van der Waals surface area contributed by atoms with Crippen molar-refractivity contribution in [2.24, 2.45) is 5.92 Å². The molecule has 6 nitrogen and oxygen atoms in total. The highest BCUT2D eigenvalue weighted by molar-refractivity contribution is 6.31. The summed E-state index contributed by atoms with van der Waals surface area (Å²) in [4.78, 5) is 23.1. The molecule has 2 rings (SSSR count). The van der Waals surface area contributed by atoms with Crippen LogP contribution in [0.4, 0.5) is 4.39 Å². The molecule has 23 heavy (non-hydrogen) atoms. The smallest absolute Gasteiger partial charge is 0.316 e. The molecule has 0 saturated carbocycles. The second kappa shape index (κ2) is 6.72. The summed E-state index contributed by atoms with van der Waals surface area (Å²) in [5.41, 5.74) is 0.151. The Morgan fingerprint density at radius 3 is 2.78 bits per heavy atom. The molecule has 1 aliphatic rings. The van der Waals surface area contributed by atoms with Gasteiger partial charge in [-0.05, 0) is 19.9 Å². The second-order valence-electron chi connectivity index (χ2n) is 5.28. The Morgan fingerprint density at radius 2 is 2.26 bits per heavy atom. The van der Waals surface area contributed by atoms with Crippen molar-refractivity contribution in [3.8, 4) is 5.75 Å². The van der Waals surface area contributed by atoms with Crippen LogP contribution in [-0.4, -0.2) is 35.2 Å². The zero-order chi connectivity index (χ0) is 17.3. The molecule has 1 fully saturated rings. The monoisotopic (exact) mass is 345 g/mol. The third-order valence-corrected chi connectivity index (χ3v) is 4.07. The third-order valence-electron chi connectivity index (χ3n) is 3.79. The zero-order valence-electron chi connectivity index (χ0n) is 12.6. The maximum absolute atomic E-state index is 14.6. The minimum atomic E-state index is -1.44. The molecule has 1 saturated heterocycles. The molecule has 1 heterocycles. The SMILES string of the molecule is CCOc1c(C(C)O)cc(Cl)c(F)c1[C@@H]1CNC(=O)C1C(=O)O. The van der Waals surface area contributed by atoms with Gasteiger partial charge in [-0.1, -0.05) is 11.6 Å². The number of nitrogens with one attached hydrogen (secondary N) is 1. The van der Waals surface area contributed by atoms with Gasteiger partial charge >= 0.3 is 5.97 Å². The first-order chi connectivity index (χ1) is 10.8. The van der Waals surface area contributed by atoms with Crippen LogP contribution in [0, 0.1) is 11.7 Å². The molecule has 0 aromatic heterocycles. The summed E-state index contributed by atoms with van der Waals surface area (Å²) in [5.74, 6) is -5.26. The number of aliphatic carboxylic acids is 1. The molecule has 8 heteroatoms. The highest BCUT2D eigenvalue weighted by atomic mass is 35.5. The van der Waals surface area contributed by atoms with E-state index in [1.165, 1.54) is 13.0 Å². The topological polar surface area (TPSA) is 95.9 Å². The van der Waals surface area contributed by atoms with Gasteiger partial charge < -0.3 is 20.3 Å². The van der Waals surface area contributed by atoms with Crippen molar-refractivity contribution < 1.29 is 28.9 Å². The Kier molecular flexibility index (Phi) is 5.11. The fourth-order valence-electron chi connectivity index (χ4n) is 2.77. The number of amides is 1. The zero-order valence-corrected chi connectivity index (χ0v) is 13.4. The van der Waals surface area contributed by atoms with E-state index >= 15 is 0 Å². The lowest BCUT2D eigenvalue weighted by atomic mass is 9.86. The molecule has 1 aliphatic heterocycles. The predicted molar refractivity (Wildman–Crippen MR) is 80.1 cm³/mol. The van der Waals surface area contributed by atoms with Gasteiger partial charge in [0.1, 0.15) is 17.5 Å². The van der Waals surface area contributed by atoms with Crippen LogP contribution >= 0.6 is 11.6 Å². The van der Waals surface area contributed by atoms with Crippen LogP contribution in [0.15, 0.2) is 6.07 Å². The van der Waals surface area contributed by atoms with Gasteiger partial charge in [-0.15, -0.1) is 0 Å². The maximum atomic E-state index is 14.6. The lowest BCUT2D eigenvalue weighted by molar-refractivity contribution is -0.145. The molecule has 1 amide bonds. The summed E-state index contributed by atoms with van der Waals surface area (Å²) in [7, 11) is 0. The molecule has 3 N–H and O–H groups in total. The number of halogens is 2. The van der Waals surface area contributed by atoms with Crippen LogP contribution in [0.1, 0.15) is 37.0 Å². The fraction of sp³-hybridized carbons (Fsp3) is 0.467. The minimum absolute atomic E-state index is 0.0390. The normalized spacial score (nSPS) is 21.9. The van der Waals surface area contributed by atoms with E-state index < -0.39 is 35.6 Å². The van der Waals surface area contributed by atoms with E-state index in [9.17, 15) is 24.2 Å². The van der Waals surface area contributed by atoms with Crippen LogP contribution in [0.3, 0.4) is 0 Å². The van der Waals surface area contributed by atoms with Crippen LogP contribution in [0.5, 0.6) is 5.75 Å². The van der Waals surface area contributed by atoms with Gasteiger partial charge in [-0.3, -0.25) is 9.59 Å². The Bertz CT molecular complexity index is 649. The van der Waals surface area contributed by atoms with Gasteiger partial charge in [0.05, 0.1) is 17.7 Å². The number of benzene rings is 1. The number of aliphatic hydroxyl groups is 1. The molecule has 0 spiro atoms. The van der Waals surface area contributed by atoms with Crippen LogP contribution < -0.4 is 10.1 Å². The van der Waals surface area contributed by atoms with E-state index in [0.717, 1.165) is 0 Å². The number of aliphatic hydroxyl groups excluding tert-OH is 1. The Labute approximate surface area is 137 Å². The first kappa shape index (κ1) is 17.5. The van der Waals surface area contributed by atoms with Crippen molar-refractivity contribution in [3.05, 3.63) is 28.0 Å². The summed E-state index contributed by atoms with van der Waals surface area (Å²) >= 11 is 5.88. The lowest BCUT2D eigenvalue weighted by Crippen LogP contribution is -2.27. The molecule has 126 valence electrons. The van der Waals surface area contributed by atoms with Crippen LogP contribution in [0.25, 0.3) is 0 Å². The van der Waals surface area contributed by atoms with E-state index in [1.54, 1.807) is 6.92 Å². The fourth-order valence-corrected chi connectivity index (χ4v) is 2.99. The Hall–Kier alpha value is -1.86. The largest absolute Gasteiger partial charge is 0.493 e. The number of carboxylic acids is 1.